The fourth-order valence-electron chi connectivity index (χ4n) is 3.99. The first-order valence-corrected chi connectivity index (χ1v) is 9.31. The van der Waals surface area contributed by atoms with Crippen LogP contribution in [0.3, 0.4) is 0 Å². The predicted molar refractivity (Wildman–Crippen MR) is 98.4 cm³/mol. The van der Waals surface area contributed by atoms with E-state index in [1.807, 2.05) is 9.80 Å². The number of nitrogens with one attached hydrogen (secondary N) is 1. The number of rotatable bonds is 3. The molecule has 2 aliphatic heterocycles. The van der Waals surface area contributed by atoms with Gasteiger partial charge in [-0.15, -0.1) is 0 Å². The molecule has 1 atom stereocenters. The third-order valence-corrected chi connectivity index (χ3v) is 5.50. The zero-order valence-corrected chi connectivity index (χ0v) is 15.3. The summed E-state index contributed by atoms with van der Waals surface area (Å²) in [6, 6.07) is 5.27. The van der Waals surface area contributed by atoms with E-state index >= 15 is 0 Å². The van der Waals surface area contributed by atoms with Crippen molar-refractivity contribution in [1.82, 2.24) is 20.0 Å². The lowest BCUT2D eigenvalue weighted by molar-refractivity contribution is -0.121. The van der Waals surface area contributed by atoms with Gasteiger partial charge >= 0.3 is 0 Å². The quantitative estimate of drug-likeness (QED) is 0.794. The lowest BCUT2D eigenvalue weighted by Gasteiger charge is -2.40. The van der Waals surface area contributed by atoms with Gasteiger partial charge < -0.3 is 5.11 Å². The van der Waals surface area contributed by atoms with Gasteiger partial charge in [0.2, 0.25) is 0 Å². The molecular weight excluding hydrogens is 364 g/mol. The molecule has 4 rings (SSSR count). The van der Waals surface area contributed by atoms with E-state index < -0.39 is 18.0 Å². The monoisotopic (exact) mass is 385 g/mol. The zero-order chi connectivity index (χ0) is 19.7. The molecule has 3 heterocycles. The molecule has 0 spiro atoms. The molecule has 2 aromatic rings. The van der Waals surface area contributed by atoms with Gasteiger partial charge in [0.05, 0.1) is 17.8 Å². The molecule has 0 aliphatic carbocycles. The molecule has 146 valence electrons. The number of aromatic amines is 1. The minimum atomic E-state index is -0.707. The second kappa shape index (κ2) is 7.80. The van der Waals surface area contributed by atoms with Crippen LogP contribution in [0.15, 0.2) is 30.0 Å². The highest BCUT2D eigenvalue weighted by molar-refractivity contribution is 5.79. The van der Waals surface area contributed by atoms with Gasteiger partial charge in [0, 0.05) is 49.9 Å². The molecule has 1 fully saturated rings. The van der Waals surface area contributed by atoms with Crippen LogP contribution >= 0.6 is 0 Å². The highest BCUT2D eigenvalue weighted by atomic mass is 19.1. The first kappa shape index (κ1) is 18.7. The van der Waals surface area contributed by atoms with E-state index in [1.54, 1.807) is 6.20 Å². The maximum Gasteiger partial charge on any atom is 0.165 e. The van der Waals surface area contributed by atoms with Crippen molar-refractivity contribution in [2.24, 2.45) is 0 Å². The Hall–Kier alpha value is -2.60. The van der Waals surface area contributed by atoms with Gasteiger partial charge in [0.15, 0.2) is 6.35 Å². The molecule has 1 aromatic carbocycles. The minimum absolute atomic E-state index is 0.271. The summed E-state index contributed by atoms with van der Waals surface area (Å²) in [5.74, 6) is -1.39. The normalized spacial score (nSPS) is 19.1. The van der Waals surface area contributed by atoms with E-state index in [2.05, 4.69) is 16.3 Å². The van der Waals surface area contributed by atoms with E-state index in [9.17, 15) is 19.1 Å². The van der Waals surface area contributed by atoms with Crippen LogP contribution in [-0.2, 0) is 13.0 Å². The van der Waals surface area contributed by atoms with Crippen molar-refractivity contribution in [2.45, 2.75) is 32.2 Å². The SMILES string of the molecule is N#CC(=C1CCN([C@@H](O)N2CCc3[nH]ncc3C2)CC1)c1cc(F)cc(F)c1. The number of hydrogen-bond acceptors (Lipinski definition) is 5. The third-order valence-electron chi connectivity index (χ3n) is 5.50. The summed E-state index contributed by atoms with van der Waals surface area (Å²) in [6.07, 6.45) is 3.05. The van der Waals surface area contributed by atoms with Gasteiger partial charge in [-0.1, -0.05) is 0 Å². The molecule has 1 saturated heterocycles. The van der Waals surface area contributed by atoms with Gasteiger partial charge in [-0.2, -0.15) is 10.4 Å². The Kier molecular flexibility index (Phi) is 5.22. The van der Waals surface area contributed by atoms with Gasteiger partial charge in [-0.3, -0.25) is 14.9 Å². The minimum Gasteiger partial charge on any atom is -0.365 e. The first-order valence-electron chi connectivity index (χ1n) is 9.31. The van der Waals surface area contributed by atoms with E-state index in [0.29, 0.717) is 38.0 Å². The van der Waals surface area contributed by atoms with Crippen molar-refractivity contribution in [1.29, 1.82) is 5.26 Å². The Morgan fingerprint density at radius 1 is 1.11 bits per heavy atom. The molecule has 8 heteroatoms. The van der Waals surface area contributed by atoms with E-state index in [0.717, 1.165) is 35.9 Å². The van der Waals surface area contributed by atoms with Crippen LogP contribution in [0, 0.1) is 23.0 Å². The highest BCUT2D eigenvalue weighted by Crippen LogP contribution is 2.29. The summed E-state index contributed by atoms with van der Waals surface area (Å²) in [7, 11) is 0. The Morgan fingerprint density at radius 3 is 2.46 bits per heavy atom. The van der Waals surface area contributed by atoms with Gasteiger partial charge in [-0.25, -0.2) is 8.78 Å². The summed E-state index contributed by atoms with van der Waals surface area (Å²) in [5, 5.41) is 27.3. The second-order valence-corrected chi connectivity index (χ2v) is 7.23. The van der Waals surface area contributed by atoms with Crippen LogP contribution in [0.2, 0.25) is 0 Å². The summed E-state index contributed by atoms with van der Waals surface area (Å²) < 4.78 is 27.0. The van der Waals surface area contributed by atoms with Crippen molar-refractivity contribution in [3.8, 4) is 6.07 Å². The Labute approximate surface area is 161 Å². The molecule has 0 radical (unpaired) electrons. The average Bonchev–Trinajstić information content (AvgIpc) is 3.15. The zero-order valence-electron chi connectivity index (χ0n) is 15.3. The summed E-state index contributed by atoms with van der Waals surface area (Å²) >= 11 is 0. The molecule has 0 bridgehead atoms. The summed E-state index contributed by atoms with van der Waals surface area (Å²) in [5.41, 5.74) is 3.68. The maximum atomic E-state index is 13.5. The smallest absolute Gasteiger partial charge is 0.165 e. The second-order valence-electron chi connectivity index (χ2n) is 7.23. The number of aliphatic hydroxyl groups excluding tert-OH is 1. The van der Waals surface area contributed by atoms with Crippen LogP contribution in [-0.4, -0.2) is 51.1 Å². The number of allylic oxidation sites excluding steroid dienone is 1. The number of likely N-dealkylation sites (tertiary alicyclic amines) is 1. The number of fused-ring (bicyclic) bond motifs is 1. The Morgan fingerprint density at radius 2 is 1.79 bits per heavy atom. The third kappa shape index (κ3) is 3.69. The van der Waals surface area contributed by atoms with E-state index in [1.165, 1.54) is 12.1 Å². The van der Waals surface area contributed by atoms with E-state index in [-0.39, 0.29) is 5.56 Å². The van der Waals surface area contributed by atoms with Crippen molar-refractivity contribution in [3.63, 3.8) is 0 Å². The van der Waals surface area contributed by atoms with Crippen LogP contribution in [0.5, 0.6) is 0 Å². The molecule has 2 N–H and O–H groups in total. The van der Waals surface area contributed by atoms with Crippen LogP contribution < -0.4 is 0 Å². The average molecular weight is 385 g/mol. The van der Waals surface area contributed by atoms with E-state index in [4.69, 9.17) is 0 Å². The molecule has 0 saturated carbocycles. The molecular formula is C20H21F2N5O. The molecule has 6 nitrogen and oxygen atoms in total. The van der Waals surface area contributed by atoms with Gasteiger partial charge in [0.25, 0.3) is 0 Å². The number of aromatic nitrogens is 2. The van der Waals surface area contributed by atoms with Gasteiger partial charge in [-0.05, 0) is 36.1 Å². The Bertz CT molecular complexity index is 918. The van der Waals surface area contributed by atoms with Crippen molar-refractivity contribution in [2.75, 3.05) is 19.6 Å². The number of nitriles is 1. The topological polar surface area (TPSA) is 79.2 Å². The summed E-state index contributed by atoms with van der Waals surface area (Å²) in [6.45, 7) is 2.53. The molecule has 0 unspecified atom stereocenters. The number of aliphatic hydroxyl groups is 1. The van der Waals surface area contributed by atoms with Crippen molar-refractivity contribution < 1.29 is 13.9 Å². The lowest BCUT2D eigenvalue weighted by Crippen LogP contribution is -2.51. The number of hydrogen-bond donors (Lipinski definition) is 2. The standard InChI is InChI=1S/C20H21F2N5O/c21-16-7-14(8-17(22)9-16)18(10-23)13-1-4-26(5-2-13)20(28)27-6-3-19-15(12-27)11-24-25-19/h7-9,11,20,28H,1-6,12H2,(H,24,25)/t20-/m1/s1. The van der Waals surface area contributed by atoms with Crippen LogP contribution in [0.4, 0.5) is 8.78 Å². The number of H-pyrrole nitrogens is 1. The number of nitrogens with zero attached hydrogens (tertiary/aromatic N) is 4. The van der Waals surface area contributed by atoms with Crippen LogP contribution in [0.25, 0.3) is 5.57 Å². The van der Waals surface area contributed by atoms with Crippen molar-refractivity contribution in [3.05, 3.63) is 58.4 Å². The Balaban J connectivity index is 1.45. The fourth-order valence-corrected chi connectivity index (χ4v) is 3.99. The molecule has 2 aliphatic rings. The molecule has 28 heavy (non-hydrogen) atoms. The maximum absolute atomic E-state index is 13.5. The number of benzene rings is 1. The molecule has 1 aromatic heterocycles. The van der Waals surface area contributed by atoms with Crippen LogP contribution in [0.1, 0.15) is 29.7 Å². The summed E-state index contributed by atoms with van der Waals surface area (Å²) in [4.78, 5) is 3.97. The van der Waals surface area contributed by atoms with Crippen molar-refractivity contribution >= 4 is 5.57 Å². The largest absolute Gasteiger partial charge is 0.365 e. The molecule has 0 amide bonds. The highest BCUT2D eigenvalue weighted by Gasteiger charge is 2.29. The van der Waals surface area contributed by atoms with Gasteiger partial charge in [0.1, 0.15) is 11.6 Å². The number of piperidine rings is 1. The lowest BCUT2D eigenvalue weighted by atomic mass is 9.93. The first-order chi connectivity index (χ1) is 13.5. The number of halogens is 2. The fraction of sp³-hybridized carbons (Fsp3) is 0.400. The predicted octanol–water partition coefficient (Wildman–Crippen LogP) is 2.40.